The van der Waals surface area contributed by atoms with Crippen molar-refractivity contribution in [2.45, 2.75) is 0 Å². The van der Waals surface area contributed by atoms with Gasteiger partial charge in [-0.25, -0.2) is 0 Å². The Labute approximate surface area is 47.5 Å². The van der Waals surface area contributed by atoms with Crippen LogP contribution in [0, 0.1) is 0 Å². The zero-order chi connectivity index (χ0) is 0. The molecule has 0 saturated carbocycles. The van der Waals surface area contributed by atoms with E-state index in [0.717, 1.165) is 0 Å². The zero-order valence-corrected chi connectivity index (χ0v) is 1.82. The van der Waals surface area contributed by atoms with Crippen molar-refractivity contribution in [1.82, 2.24) is 0 Å². The monoisotopic (exact) mass is 78.0 g/mol. The summed E-state index contributed by atoms with van der Waals surface area (Å²) < 4.78 is 0. The third-order valence-corrected chi connectivity index (χ3v) is 0. The molecule has 0 fully saturated rings. The van der Waals surface area contributed by atoms with Gasteiger partial charge in [0.05, 0.1) is 0 Å². The van der Waals surface area contributed by atoms with Crippen molar-refractivity contribution in [3.05, 3.63) is 0 Å². The van der Waals surface area contributed by atoms with Crippen molar-refractivity contribution >= 4 is 17.4 Å². The Morgan fingerprint density at radius 2 is 1.00 bits per heavy atom. The maximum absolute atomic E-state index is 0. The van der Waals surface area contributed by atoms with Gasteiger partial charge in [0.1, 0.15) is 0 Å². The van der Waals surface area contributed by atoms with Gasteiger partial charge in [-0.1, -0.05) is 0 Å². The van der Waals surface area contributed by atoms with Crippen molar-refractivity contribution in [2.24, 2.45) is 0 Å². The molecular formula is H6AlF2Li. The van der Waals surface area contributed by atoms with Crippen molar-refractivity contribution in [3.8, 4) is 0 Å². The van der Waals surface area contributed by atoms with Gasteiger partial charge in [-0.15, -0.1) is 0 Å². The average Bonchev–Trinajstić information content (AvgIpc) is 0. The maximum atomic E-state index is 0. The predicted molar refractivity (Wildman–Crippen MR) is 16.1 cm³/mol. The van der Waals surface area contributed by atoms with Crippen LogP contribution in [-0.2, 0) is 0 Å². The van der Waals surface area contributed by atoms with Gasteiger partial charge in [0.2, 0.25) is 0 Å². The van der Waals surface area contributed by atoms with E-state index >= 15 is 0 Å². The largest absolute Gasteiger partial charge is 1.00 e. The molecule has 0 amide bonds. The molecule has 0 spiro atoms. The molecule has 0 aromatic rings. The van der Waals surface area contributed by atoms with E-state index in [2.05, 4.69) is 0 Å². The molecule has 0 unspecified atom stereocenters. The molecule has 0 heterocycles. The van der Waals surface area contributed by atoms with E-state index in [-0.39, 0.29) is 47.1 Å². The molecule has 0 aromatic carbocycles. The van der Waals surface area contributed by atoms with E-state index in [1.165, 1.54) is 0 Å². The number of rotatable bonds is 0. The molecule has 4 heteroatoms. The van der Waals surface area contributed by atoms with Crippen LogP contribution in [0.2, 0.25) is 0 Å². The Bertz CT molecular complexity index is 9.61. The quantitative estimate of drug-likeness (QED) is 0.261. The second-order valence-electron chi connectivity index (χ2n) is 0. The first-order valence-corrected chi connectivity index (χ1v) is 0. The second kappa shape index (κ2) is 36.4. The van der Waals surface area contributed by atoms with Crippen LogP contribution in [0.3, 0.4) is 0 Å². The summed E-state index contributed by atoms with van der Waals surface area (Å²) in [5.41, 5.74) is 0. The molecule has 0 aliphatic rings. The molecule has 0 N–H and O–H groups in total. The van der Waals surface area contributed by atoms with Crippen LogP contribution in [0.4, 0.5) is 9.41 Å². The van der Waals surface area contributed by atoms with E-state index in [1.807, 2.05) is 0 Å². The summed E-state index contributed by atoms with van der Waals surface area (Å²) in [7, 11) is 0. The summed E-state index contributed by atoms with van der Waals surface area (Å²) in [6.07, 6.45) is 0. The Morgan fingerprint density at radius 3 is 1.00 bits per heavy atom. The van der Waals surface area contributed by atoms with Gasteiger partial charge in [-0.05, 0) is 0 Å². The molecule has 24 valence electrons. The van der Waals surface area contributed by atoms with Crippen LogP contribution < -0.4 is 18.9 Å². The summed E-state index contributed by atoms with van der Waals surface area (Å²) in [6.45, 7) is 0. The van der Waals surface area contributed by atoms with Crippen LogP contribution in [0.15, 0.2) is 0 Å². The topological polar surface area (TPSA) is 0 Å². The molecule has 0 nitrogen and oxygen atoms in total. The van der Waals surface area contributed by atoms with Gasteiger partial charge in [0, 0.05) is 0 Å². The molecule has 0 rings (SSSR count). The molecule has 0 radical (unpaired) electrons. The number of hydrogen-bond acceptors (Lipinski definition) is 0. The minimum atomic E-state index is 0. The minimum Gasteiger partial charge on any atom is -1.00 e. The molecule has 0 bridgehead atoms. The Morgan fingerprint density at radius 1 is 1.00 bits per heavy atom. The van der Waals surface area contributed by atoms with Gasteiger partial charge in [0.25, 0.3) is 0 Å². The summed E-state index contributed by atoms with van der Waals surface area (Å²) in [6, 6.07) is 0. The fraction of sp³-hybridized carbons (Fsp3) is 0. The van der Waals surface area contributed by atoms with Gasteiger partial charge < -0.3 is 1.43 Å². The second-order valence-corrected chi connectivity index (χ2v) is 0. The van der Waals surface area contributed by atoms with E-state index in [0.29, 0.717) is 0 Å². The zero-order valence-electron chi connectivity index (χ0n) is 2.82. The first kappa shape index (κ1) is 81.1. The van der Waals surface area contributed by atoms with Crippen molar-refractivity contribution in [2.75, 3.05) is 0 Å². The Kier molecular flexibility index (Phi) is 738. The fourth-order valence-electron chi connectivity index (χ4n) is 0. The van der Waals surface area contributed by atoms with E-state index in [4.69, 9.17) is 0 Å². The average molecular weight is 78.0 g/mol. The van der Waals surface area contributed by atoms with Crippen molar-refractivity contribution < 1.29 is 29.7 Å². The van der Waals surface area contributed by atoms with Gasteiger partial charge in [-0.2, -0.15) is 0 Å². The van der Waals surface area contributed by atoms with E-state index in [1.54, 1.807) is 0 Å². The molecular weight excluding hydrogens is 71.9 g/mol. The Hall–Kier alpha value is 0.990. The molecule has 0 aliphatic carbocycles. The molecule has 0 saturated heterocycles. The summed E-state index contributed by atoms with van der Waals surface area (Å²) in [4.78, 5) is 0. The van der Waals surface area contributed by atoms with E-state index < -0.39 is 0 Å². The summed E-state index contributed by atoms with van der Waals surface area (Å²) in [5, 5.41) is 0. The third-order valence-electron chi connectivity index (χ3n) is 0. The van der Waals surface area contributed by atoms with Crippen LogP contribution in [0.1, 0.15) is 1.43 Å². The third kappa shape index (κ3) is 12.1. The SMILES string of the molecule is F.F.[AlH3].[H-].[Li+]. The molecule has 0 atom stereocenters. The standard InChI is InChI=1S/Al.2FH.Li.4H/h;2*1H;;;;;/q;;;+1;;;;-1. The normalized spacial score (nSPS) is 0. The summed E-state index contributed by atoms with van der Waals surface area (Å²) >= 11 is 0. The van der Waals surface area contributed by atoms with Gasteiger partial charge in [0.15, 0.2) is 17.4 Å². The van der Waals surface area contributed by atoms with Crippen LogP contribution >= 0.6 is 0 Å². The molecule has 4 heavy (non-hydrogen) atoms. The molecule has 0 aromatic heterocycles. The Balaban J connectivity index is 0. The first-order chi connectivity index (χ1) is 0. The smallest absolute Gasteiger partial charge is 1.00 e. The maximum Gasteiger partial charge on any atom is 1.00 e. The van der Waals surface area contributed by atoms with Crippen molar-refractivity contribution in [1.29, 1.82) is 0 Å². The molecule has 0 aliphatic heterocycles. The predicted octanol–water partition coefficient (Wildman–Crippen LogP) is -3.76. The first-order valence-electron chi connectivity index (χ1n) is 0. The number of hydrogen-bond donors (Lipinski definition) is 0. The van der Waals surface area contributed by atoms with E-state index in [9.17, 15) is 0 Å². The van der Waals surface area contributed by atoms with Gasteiger partial charge in [-0.3, -0.25) is 9.41 Å². The number of halogens is 2. The van der Waals surface area contributed by atoms with Crippen LogP contribution in [-0.4, -0.2) is 17.4 Å². The fourth-order valence-corrected chi connectivity index (χ4v) is 0. The van der Waals surface area contributed by atoms with Crippen LogP contribution in [0.25, 0.3) is 0 Å². The van der Waals surface area contributed by atoms with Gasteiger partial charge >= 0.3 is 18.9 Å². The van der Waals surface area contributed by atoms with Crippen LogP contribution in [0.5, 0.6) is 0 Å². The summed E-state index contributed by atoms with van der Waals surface area (Å²) in [5.74, 6) is 0. The minimum absolute atomic E-state index is 0. The van der Waals surface area contributed by atoms with Crippen molar-refractivity contribution in [3.63, 3.8) is 0 Å².